The van der Waals surface area contributed by atoms with Gasteiger partial charge in [-0.2, -0.15) is 0 Å². The van der Waals surface area contributed by atoms with Crippen LogP contribution in [0, 0.1) is 0 Å². The first kappa shape index (κ1) is 20.7. The Kier molecular flexibility index (Phi) is 13.7. The molecule has 3 N–H and O–H groups in total. The Bertz CT molecular complexity index is 309. The van der Waals surface area contributed by atoms with E-state index in [2.05, 4.69) is 20.9 Å². The van der Waals surface area contributed by atoms with Gasteiger partial charge in [-0.25, -0.2) is 0 Å². The van der Waals surface area contributed by atoms with Gasteiger partial charge >= 0.3 is 0 Å². The van der Waals surface area contributed by atoms with Crippen LogP contribution in [0.2, 0.25) is 0 Å². The van der Waals surface area contributed by atoms with E-state index in [4.69, 9.17) is 9.47 Å². The molecule has 22 heavy (non-hydrogen) atoms. The molecule has 0 saturated heterocycles. The van der Waals surface area contributed by atoms with Gasteiger partial charge in [0.1, 0.15) is 0 Å². The van der Waals surface area contributed by atoms with E-state index in [0.29, 0.717) is 39.3 Å². The Labute approximate surface area is 134 Å². The summed E-state index contributed by atoms with van der Waals surface area (Å²) in [6.45, 7) is 9.84. The second-order valence-corrected chi connectivity index (χ2v) is 5.12. The first-order valence-corrected chi connectivity index (χ1v) is 7.98. The third-order valence-corrected chi connectivity index (χ3v) is 2.59. The van der Waals surface area contributed by atoms with Crippen LogP contribution in [0.25, 0.3) is 0 Å². The van der Waals surface area contributed by atoms with Gasteiger partial charge in [0, 0.05) is 45.8 Å². The van der Waals surface area contributed by atoms with Gasteiger partial charge < -0.3 is 25.4 Å². The molecule has 0 unspecified atom stereocenters. The maximum absolute atomic E-state index is 11.5. The largest absolute Gasteiger partial charge is 0.382 e. The van der Waals surface area contributed by atoms with Crippen molar-refractivity contribution in [3.63, 3.8) is 0 Å². The first-order chi connectivity index (χ1) is 10.6. The number of rotatable bonds is 12. The molecule has 0 radical (unpaired) electrons. The Morgan fingerprint density at radius 3 is 2.59 bits per heavy atom. The minimum atomic E-state index is 0.0462. The molecule has 0 spiro atoms. The zero-order valence-corrected chi connectivity index (χ0v) is 14.4. The number of nitrogens with one attached hydrogen (secondary N) is 3. The molecular formula is C15H32N4O3. The smallest absolute Gasteiger partial charge is 0.221 e. The molecule has 0 aromatic heterocycles. The van der Waals surface area contributed by atoms with Crippen molar-refractivity contribution in [2.24, 2.45) is 4.99 Å². The normalized spacial score (nSPS) is 11.6. The minimum absolute atomic E-state index is 0.0462. The third-order valence-electron chi connectivity index (χ3n) is 2.59. The highest BCUT2D eigenvalue weighted by molar-refractivity contribution is 5.81. The average Bonchev–Trinajstić information content (AvgIpc) is 2.45. The highest BCUT2D eigenvalue weighted by atomic mass is 16.5. The predicted octanol–water partition coefficient (Wildman–Crippen LogP) is 0.509. The fourth-order valence-electron chi connectivity index (χ4n) is 1.63. The van der Waals surface area contributed by atoms with Crippen LogP contribution in [0.5, 0.6) is 0 Å². The molecule has 0 aliphatic heterocycles. The Balaban J connectivity index is 3.83. The predicted molar refractivity (Wildman–Crippen MR) is 89.2 cm³/mol. The number of amides is 1. The molecule has 0 aromatic carbocycles. The standard InChI is InChI=1S/C15H32N4O3/c1-5-16-15(17-8-6-10-22-12-11-21-4)18-9-7-14(20)19-13(2)3/h13H,5-12H2,1-4H3,(H,19,20)(H2,16,17,18). The molecule has 0 aliphatic carbocycles. The fourth-order valence-corrected chi connectivity index (χ4v) is 1.63. The molecule has 0 saturated carbocycles. The molecular weight excluding hydrogens is 284 g/mol. The number of guanidine groups is 1. The van der Waals surface area contributed by atoms with E-state index in [1.165, 1.54) is 0 Å². The van der Waals surface area contributed by atoms with E-state index in [1.807, 2.05) is 20.8 Å². The van der Waals surface area contributed by atoms with Crippen molar-refractivity contribution >= 4 is 11.9 Å². The summed E-state index contributed by atoms with van der Waals surface area (Å²) in [5.74, 6) is 0.779. The minimum Gasteiger partial charge on any atom is -0.382 e. The van der Waals surface area contributed by atoms with Crippen LogP contribution >= 0.6 is 0 Å². The number of aliphatic imine (C=N–C) groups is 1. The van der Waals surface area contributed by atoms with Crippen LogP contribution in [0.1, 0.15) is 33.6 Å². The number of nitrogens with zero attached hydrogens (tertiary/aromatic N) is 1. The molecule has 0 fully saturated rings. The van der Waals surface area contributed by atoms with Crippen molar-refractivity contribution in [3.8, 4) is 0 Å². The number of hydrogen-bond donors (Lipinski definition) is 3. The lowest BCUT2D eigenvalue weighted by molar-refractivity contribution is -0.121. The third kappa shape index (κ3) is 13.6. The van der Waals surface area contributed by atoms with Gasteiger partial charge in [0.25, 0.3) is 0 Å². The fraction of sp³-hybridized carbons (Fsp3) is 0.867. The Morgan fingerprint density at radius 2 is 1.95 bits per heavy atom. The van der Waals surface area contributed by atoms with Crippen LogP contribution in [-0.4, -0.2) is 64.5 Å². The second kappa shape index (κ2) is 14.6. The van der Waals surface area contributed by atoms with Crippen LogP contribution in [0.4, 0.5) is 0 Å². The first-order valence-electron chi connectivity index (χ1n) is 7.98. The lowest BCUT2D eigenvalue weighted by Gasteiger charge is -2.12. The van der Waals surface area contributed by atoms with E-state index in [1.54, 1.807) is 7.11 Å². The van der Waals surface area contributed by atoms with Gasteiger partial charge in [0.2, 0.25) is 5.91 Å². The quantitative estimate of drug-likeness (QED) is 0.278. The summed E-state index contributed by atoms with van der Waals surface area (Å²) in [5.41, 5.74) is 0. The monoisotopic (exact) mass is 316 g/mol. The summed E-state index contributed by atoms with van der Waals surface area (Å²) in [7, 11) is 1.66. The molecule has 1 amide bonds. The highest BCUT2D eigenvalue weighted by Crippen LogP contribution is 1.86. The summed E-state index contributed by atoms with van der Waals surface area (Å²) in [6.07, 6.45) is 1.29. The maximum atomic E-state index is 11.5. The lowest BCUT2D eigenvalue weighted by Crippen LogP contribution is -2.40. The van der Waals surface area contributed by atoms with Gasteiger partial charge in [-0.15, -0.1) is 0 Å². The molecule has 0 atom stereocenters. The van der Waals surface area contributed by atoms with Gasteiger partial charge in [-0.3, -0.25) is 9.79 Å². The Hall–Kier alpha value is -1.34. The topological polar surface area (TPSA) is 84.0 Å². The number of carbonyl (C=O) groups is 1. The lowest BCUT2D eigenvalue weighted by atomic mass is 10.3. The Morgan fingerprint density at radius 1 is 1.18 bits per heavy atom. The van der Waals surface area contributed by atoms with Crippen molar-refractivity contribution in [1.82, 2.24) is 16.0 Å². The molecule has 7 heteroatoms. The highest BCUT2D eigenvalue weighted by Gasteiger charge is 2.03. The van der Waals surface area contributed by atoms with Crippen molar-refractivity contribution in [3.05, 3.63) is 0 Å². The zero-order valence-electron chi connectivity index (χ0n) is 14.4. The molecule has 7 nitrogen and oxygen atoms in total. The summed E-state index contributed by atoms with van der Waals surface area (Å²) < 4.78 is 10.3. The van der Waals surface area contributed by atoms with Gasteiger partial charge in [0.15, 0.2) is 5.96 Å². The van der Waals surface area contributed by atoms with Crippen LogP contribution in [-0.2, 0) is 14.3 Å². The van der Waals surface area contributed by atoms with Crippen LogP contribution in [0.3, 0.4) is 0 Å². The second-order valence-electron chi connectivity index (χ2n) is 5.12. The van der Waals surface area contributed by atoms with Crippen molar-refractivity contribution in [1.29, 1.82) is 0 Å². The SMILES string of the molecule is CCNC(=NCCCOCCOC)NCCC(=O)NC(C)C. The van der Waals surface area contributed by atoms with Gasteiger partial charge in [-0.1, -0.05) is 0 Å². The van der Waals surface area contributed by atoms with Crippen molar-refractivity contribution in [2.75, 3.05) is 46.6 Å². The van der Waals surface area contributed by atoms with Crippen LogP contribution in [0.15, 0.2) is 4.99 Å². The van der Waals surface area contributed by atoms with E-state index in [9.17, 15) is 4.79 Å². The maximum Gasteiger partial charge on any atom is 0.221 e. The molecule has 130 valence electrons. The van der Waals surface area contributed by atoms with Crippen molar-refractivity contribution in [2.45, 2.75) is 39.7 Å². The van der Waals surface area contributed by atoms with E-state index in [0.717, 1.165) is 18.9 Å². The summed E-state index contributed by atoms with van der Waals surface area (Å²) >= 11 is 0. The number of ether oxygens (including phenoxy) is 2. The number of methoxy groups -OCH3 is 1. The number of hydrogen-bond acceptors (Lipinski definition) is 4. The zero-order chi connectivity index (χ0) is 16.6. The molecule has 0 aromatic rings. The summed E-state index contributed by atoms with van der Waals surface area (Å²) in [6, 6.07) is 0.174. The van der Waals surface area contributed by atoms with Crippen molar-refractivity contribution < 1.29 is 14.3 Å². The van der Waals surface area contributed by atoms with Gasteiger partial charge in [0.05, 0.1) is 13.2 Å². The van der Waals surface area contributed by atoms with E-state index in [-0.39, 0.29) is 11.9 Å². The van der Waals surface area contributed by atoms with E-state index >= 15 is 0 Å². The van der Waals surface area contributed by atoms with Crippen LogP contribution < -0.4 is 16.0 Å². The molecule has 0 bridgehead atoms. The average molecular weight is 316 g/mol. The molecule has 0 rings (SSSR count). The number of carbonyl (C=O) groups excluding carboxylic acids is 1. The van der Waals surface area contributed by atoms with E-state index < -0.39 is 0 Å². The molecule has 0 aliphatic rings. The molecule has 0 heterocycles. The van der Waals surface area contributed by atoms with Gasteiger partial charge in [-0.05, 0) is 27.2 Å². The summed E-state index contributed by atoms with van der Waals surface area (Å²) in [4.78, 5) is 16.0. The summed E-state index contributed by atoms with van der Waals surface area (Å²) in [5, 5.41) is 9.17.